The van der Waals surface area contributed by atoms with Crippen LogP contribution in [0.4, 0.5) is 0 Å². The third kappa shape index (κ3) is 2.03. The molecule has 0 atom stereocenters. The molecule has 0 aliphatic rings. The zero-order valence-electron chi connectivity index (χ0n) is 11.0. The Morgan fingerprint density at radius 1 is 0.900 bits per heavy atom. The Hall–Kier alpha value is -2.68. The lowest BCUT2D eigenvalue weighted by atomic mass is 10.1. The second kappa shape index (κ2) is 4.78. The minimum absolute atomic E-state index is 0.00758. The standard InChI is InChI=1S/C17H13NO2/c1-12(19)15-8-7-13-9-10-18(16(13)11-15)17(20)14-5-3-2-4-6-14/h2-11H,1H3. The van der Waals surface area contributed by atoms with Crippen molar-refractivity contribution in [2.45, 2.75) is 6.92 Å². The summed E-state index contributed by atoms with van der Waals surface area (Å²) in [5.74, 6) is -0.104. The molecule has 1 heterocycles. The summed E-state index contributed by atoms with van der Waals surface area (Å²) in [5, 5.41) is 0.944. The normalized spacial score (nSPS) is 10.7. The lowest BCUT2D eigenvalue weighted by Crippen LogP contribution is -2.10. The van der Waals surface area contributed by atoms with Crippen LogP contribution in [0.1, 0.15) is 27.6 Å². The van der Waals surface area contributed by atoms with Gasteiger partial charge in [-0.25, -0.2) is 0 Å². The molecule has 0 bridgehead atoms. The van der Waals surface area contributed by atoms with Crippen molar-refractivity contribution in [2.24, 2.45) is 0 Å². The predicted octanol–water partition coefficient (Wildman–Crippen LogP) is 3.53. The molecule has 0 saturated heterocycles. The summed E-state index contributed by atoms with van der Waals surface area (Å²) in [6.45, 7) is 1.52. The van der Waals surface area contributed by atoms with Crippen LogP contribution >= 0.6 is 0 Å². The highest BCUT2D eigenvalue weighted by Gasteiger charge is 2.12. The van der Waals surface area contributed by atoms with Crippen LogP contribution in [0.2, 0.25) is 0 Å². The number of carbonyl (C=O) groups excluding carboxylic acids is 2. The van der Waals surface area contributed by atoms with Gasteiger partial charge in [-0.15, -0.1) is 0 Å². The molecule has 3 aromatic rings. The molecule has 0 aliphatic heterocycles. The maximum Gasteiger partial charge on any atom is 0.262 e. The number of rotatable bonds is 2. The van der Waals surface area contributed by atoms with E-state index in [9.17, 15) is 9.59 Å². The van der Waals surface area contributed by atoms with Crippen LogP contribution in [0.5, 0.6) is 0 Å². The van der Waals surface area contributed by atoms with E-state index in [2.05, 4.69) is 0 Å². The summed E-state index contributed by atoms with van der Waals surface area (Å²) in [6, 6.07) is 16.4. The number of fused-ring (bicyclic) bond motifs is 1. The number of nitrogens with zero attached hydrogens (tertiary/aromatic N) is 1. The maximum atomic E-state index is 12.5. The van der Waals surface area contributed by atoms with Gasteiger partial charge >= 0.3 is 0 Å². The molecular weight excluding hydrogens is 250 g/mol. The molecule has 2 aromatic carbocycles. The fourth-order valence-electron chi connectivity index (χ4n) is 2.24. The Balaban J connectivity index is 2.14. The first kappa shape index (κ1) is 12.4. The van der Waals surface area contributed by atoms with Gasteiger partial charge in [0, 0.05) is 22.7 Å². The summed E-state index contributed by atoms with van der Waals surface area (Å²) in [4.78, 5) is 23.9. The Morgan fingerprint density at radius 3 is 2.35 bits per heavy atom. The van der Waals surface area contributed by atoms with E-state index in [4.69, 9.17) is 0 Å². The number of aromatic nitrogens is 1. The minimum atomic E-state index is -0.0960. The zero-order chi connectivity index (χ0) is 14.1. The fraction of sp³-hybridized carbons (Fsp3) is 0.0588. The molecule has 0 amide bonds. The number of benzene rings is 2. The predicted molar refractivity (Wildman–Crippen MR) is 78.1 cm³/mol. The van der Waals surface area contributed by atoms with Crippen LogP contribution in [-0.2, 0) is 0 Å². The van der Waals surface area contributed by atoms with Gasteiger partial charge in [0.1, 0.15) is 0 Å². The molecule has 3 heteroatoms. The fourth-order valence-corrected chi connectivity index (χ4v) is 2.24. The average molecular weight is 263 g/mol. The van der Waals surface area contributed by atoms with Crippen LogP contribution in [0.3, 0.4) is 0 Å². The van der Waals surface area contributed by atoms with E-state index in [0.717, 1.165) is 10.9 Å². The van der Waals surface area contributed by atoms with Crippen LogP contribution in [-0.4, -0.2) is 16.3 Å². The van der Waals surface area contributed by atoms with Gasteiger partial charge in [0.2, 0.25) is 0 Å². The first-order valence-corrected chi connectivity index (χ1v) is 6.38. The Morgan fingerprint density at radius 2 is 1.65 bits per heavy atom. The van der Waals surface area contributed by atoms with E-state index >= 15 is 0 Å². The van der Waals surface area contributed by atoms with Crippen molar-refractivity contribution in [2.75, 3.05) is 0 Å². The minimum Gasteiger partial charge on any atom is -0.295 e. The Bertz CT molecular complexity index is 800. The molecule has 0 saturated carbocycles. The van der Waals surface area contributed by atoms with Gasteiger partial charge in [-0.1, -0.05) is 30.3 Å². The topological polar surface area (TPSA) is 39.1 Å². The quantitative estimate of drug-likeness (QED) is 0.663. The zero-order valence-corrected chi connectivity index (χ0v) is 11.0. The van der Waals surface area contributed by atoms with E-state index in [1.54, 1.807) is 35.0 Å². The summed E-state index contributed by atoms with van der Waals surface area (Å²) in [6.07, 6.45) is 1.74. The SMILES string of the molecule is CC(=O)c1ccc2ccn(C(=O)c3ccccc3)c2c1. The molecule has 0 fully saturated rings. The van der Waals surface area contributed by atoms with E-state index in [1.807, 2.05) is 30.3 Å². The summed E-state index contributed by atoms with van der Waals surface area (Å²) in [5.41, 5.74) is 1.99. The number of carbonyl (C=O) groups is 2. The first-order valence-electron chi connectivity index (χ1n) is 6.38. The van der Waals surface area contributed by atoms with E-state index < -0.39 is 0 Å². The number of Topliss-reactive ketones (excluding diaryl/α,β-unsaturated/α-hetero) is 1. The molecule has 0 spiro atoms. The largest absolute Gasteiger partial charge is 0.295 e. The molecule has 20 heavy (non-hydrogen) atoms. The lowest BCUT2D eigenvalue weighted by Gasteiger charge is -2.05. The Kier molecular flexibility index (Phi) is 2.95. The second-order valence-electron chi connectivity index (χ2n) is 4.69. The molecule has 3 nitrogen and oxygen atoms in total. The highest BCUT2D eigenvalue weighted by molar-refractivity contribution is 6.04. The van der Waals surface area contributed by atoms with Crippen LogP contribution in [0.15, 0.2) is 60.8 Å². The van der Waals surface area contributed by atoms with E-state index in [-0.39, 0.29) is 11.7 Å². The smallest absolute Gasteiger partial charge is 0.262 e. The molecule has 0 radical (unpaired) electrons. The van der Waals surface area contributed by atoms with Crippen LogP contribution < -0.4 is 0 Å². The molecule has 3 rings (SSSR count). The van der Waals surface area contributed by atoms with Crippen molar-refractivity contribution in [3.05, 3.63) is 71.9 Å². The Labute approximate surface area is 116 Å². The molecule has 0 aliphatic carbocycles. The summed E-state index contributed by atoms with van der Waals surface area (Å²) in [7, 11) is 0. The second-order valence-corrected chi connectivity index (χ2v) is 4.69. The summed E-state index contributed by atoms with van der Waals surface area (Å²) < 4.78 is 1.58. The third-order valence-electron chi connectivity index (χ3n) is 3.34. The van der Waals surface area contributed by atoms with Gasteiger partial charge in [0.15, 0.2) is 5.78 Å². The van der Waals surface area contributed by atoms with Gasteiger partial charge in [0.05, 0.1) is 5.52 Å². The summed E-state index contributed by atoms with van der Waals surface area (Å²) >= 11 is 0. The number of ketones is 1. The van der Waals surface area contributed by atoms with Gasteiger partial charge in [-0.2, -0.15) is 0 Å². The molecule has 1 aromatic heterocycles. The molecule has 0 N–H and O–H groups in total. The van der Waals surface area contributed by atoms with E-state index in [0.29, 0.717) is 11.1 Å². The van der Waals surface area contributed by atoms with Crippen molar-refractivity contribution >= 4 is 22.6 Å². The average Bonchev–Trinajstić information content (AvgIpc) is 2.90. The highest BCUT2D eigenvalue weighted by atomic mass is 16.2. The van der Waals surface area contributed by atoms with Gasteiger partial charge < -0.3 is 0 Å². The van der Waals surface area contributed by atoms with Crippen molar-refractivity contribution in [3.63, 3.8) is 0 Å². The van der Waals surface area contributed by atoms with Gasteiger partial charge in [-0.3, -0.25) is 14.2 Å². The van der Waals surface area contributed by atoms with E-state index in [1.165, 1.54) is 6.92 Å². The molecule has 0 unspecified atom stereocenters. The number of hydrogen-bond donors (Lipinski definition) is 0. The maximum absolute atomic E-state index is 12.5. The number of hydrogen-bond acceptors (Lipinski definition) is 2. The van der Waals surface area contributed by atoms with Crippen molar-refractivity contribution < 1.29 is 9.59 Å². The van der Waals surface area contributed by atoms with Gasteiger partial charge in [0.25, 0.3) is 5.91 Å². The third-order valence-corrected chi connectivity index (χ3v) is 3.34. The van der Waals surface area contributed by atoms with Crippen molar-refractivity contribution in [3.8, 4) is 0 Å². The highest BCUT2D eigenvalue weighted by Crippen LogP contribution is 2.19. The molecule has 98 valence electrons. The van der Waals surface area contributed by atoms with Gasteiger partial charge in [-0.05, 0) is 31.2 Å². The first-order chi connectivity index (χ1) is 9.66. The van der Waals surface area contributed by atoms with Crippen molar-refractivity contribution in [1.29, 1.82) is 0 Å². The van der Waals surface area contributed by atoms with Crippen LogP contribution in [0, 0.1) is 0 Å². The monoisotopic (exact) mass is 263 g/mol. The van der Waals surface area contributed by atoms with Crippen molar-refractivity contribution in [1.82, 2.24) is 4.57 Å². The van der Waals surface area contributed by atoms with Crippen LogP contribution in [0.25, 0.3) is 10.9 Å². The molecular formula is C17H13NO2. The lowest BCUT2D eigenvalue weighted by molar-refractivity contribution is 0.0962.